The Kier molecular flexibility index (Phi) is 11.8. The Labute approximate surface area is 295 Å². The van der Waals surface area contributed by atoms with Crippen LogP contribution >= 0.6 is 46.3 Å². The Morgan fingerprint density at radius 2 is 1.69 bits per heavy atom. The van der Waals surface area contributed by atoms with Gasteiger partial charge in [0, 0.05) is 37.7 Å². The highest BCUT2D eigenvalue weighted by molar-refractivity contribution is 8.00. The standard InChI is InChI=1S/C35H28Cl2N4O5S2/c1-45-30-13-6-10-22(32(30)46-2)16-28(39-33(43)21-8-4-3-5-9-21)34(44)38-24-11-7-12-25(18-24)47-20-31(42)41-35-40-29(19-48-35)26-15-14-23(36)17-27(26)37/h3-19H,20H2,1-2H3,(H,38,44)(H,39,43)(H,40,41,42)/b28-16+. The van der Waals surface area contributed by atoms with Gasteiger partial charge in [-0.2, -0.15) is 0 Å². The Hall–Kier alpha value is -4.81. The smallest absolute Gasteiger partial charge is 0.272 e. The summed E-state index contributed by atoms with van der Waals surface area (Å²) >= 11 is 14.9. The molecule has 0 spiro atoms. The van der Waals surface area contributed by atoms with Gasteiger partial charge in [-0.15, -0.1) is 23.1 Å². The van der Waals surface area contributed by atoms with Crippen molar-refractivity contribution in [2.75, 3.05) is 30.6 Å². The summed E-state index contributed by atoms with van der Waals surface area (Å²) in [5.41, 5.74) is 2.70. The van der Waals surface area contributed by atoms with Crippen LogP contribution in [0.1, 0.15) is 15.9 Å². The number of carbonyl (C=O) groups excluding carboxylic acids is 3. The molecule has 0 aliphatic carbocycles. The zero-order valence-corrected chi connectivity index (χ0v) is 28.7. The number of carbonyl (C=O) groups is 3. The highest BCUT2D eigenvalue weighted by Gasteiger charge is 2.18. The number of para-hydroxylation sites is 1. The molecule has 9 nitrogen and oxygen atoms in total. The fraction of sp³-hybridized carbons (Fsp3) is 0.0857. The molecule has 0 unspecified atom stereocenters. The van der Waals surface area contributed by atoms with Gasteiger partial charge in [-0.3, -0.25) is 14.4 Å². The third-order valence-electron chi connectivity index (χ3n) is 6.68. The summed E-state index contributed by atoms with van der Waals surface area (Å²) in [5.74, 6) is -0.308. The van der Waals surface area contributed by atoms with E-state index in [0.717, 1.165) is 4.90 Å². The second-order valence-electron chi connectivity index (χ2n) is 9.94. The zero-order valence-electron chi connectivity index (χ0n) is 25.6. The highest BCUT2D eigenvalue weighted by atomic mass is 35.5. The number of nitrogens with one attached hydrogen (secondary N) is 3. The molecule has 244 valence electrons. The predicted octanol–water partition coefficient (Wildman–Crippen LogP) is 8.27. The number of aromatic nitrogens is 1. The molecule has 5 rings (SSSR count). The van der Waals surface area contributed by atoms with Crippen molar-refractivity contribution in [3.05, 3.63) is 123 Å². The van der Waals surface area contributed by atoms with E-state index < -0.39 is 11.8 Å². The zero-order chi connectivity index (χ0) is 34.0. The van der Waals surface area contributed by atoms with Gasteiger partial charge in [0.25, 0.3) is 11.8 Å². The lowest BCUT2D eigenvalue weighted by molar-refractivity contribution is -0.114. The average Bonchev–Trinajstić information content (AvgIpc) is 3.55. The second kappa shape index (κ2) is 16.3. The van der Waals surface area contributed by atoms with Gasteiger partial charge >= 0.3 is 0 Å². The van der Waals surface area contributed by atoms with Gasteiger partial charge in [-0.25, -0.2) is 4.98 Å². The lowest BCUT2D eigenvalue weighted by Gasteiger charge is -2.14. The van der Waals surface area contributed by atoms with Crippen molar-refractivity contribution in [3.8, 4) is 22.8 Å². The first-order valence-corrected chi connectivity index (χ1v) is 16.9. The maximum absolute atomic E-state index is 13.6. The minimum atomic E-state index is -0.565. The highest BCUT2D eigenvalue weighted by Crippen LogP contribution is 2.34. The summed E-state index contributed by atoms with van der Waals surface area (Å²) < 4.78 is 10.9. The number of rotatable bonds is 12. The molecule has 0 saturated carbocycles. The summed E-state index contributed by atoms with van der Waals surface area (Å²) in [6.07, 6.45) is 1.52. The number of nitrogens with zero attached hydrogens (tertiary/aromatic N) is 1. The Morgan fingerprint density at radius 3 is 2.44 bits per heavy atom. The van der Waals surface area contributed by atoms with E-state index in [-0.39, 0.29) is 17.4 Å². The SMILES string of the molecule is COc1cccc(/C=C(/NC(=O)c2ccccc2)C(=O)Nc2cccc(SCC(=O)Nc3nc(-c4ccc(Cl)cc4Cl)cs3)c2)c1OC. The van der Waals surface area contributed by atoms with E-state index in [1.807, 2.05) is 6.07 Å². The van der Waals surface area contributed by atoms with Crippen LogP contribution in [0.15, 0.2) is 107 Å². The second-order valence-corrected chi connectivity index (χ2v) is 12.7. The largest absolute Gasteiger partial charge is 0.493 e. The van der Waals surface area contributed by atoms with Gasteiger partial charge in [0.2, 0.25) is 5.91 Å². The van der Waals surface area contributed by atoms with Crippen LogP contribution in [-0.2, 0) is 9.59 Å². The third-order valence-corrected chi connectivity index (χ3v) is 8.98. The minimum absolute atomic E-state index is 0.0180. The fourth-order valence-corrected chi connectivity index (χ4v) is 6.43. The van der Waals surface area contributed by atoms with E-state index >= 15 is 0 Å². The van der Waals surface area contributed by atoms with E-state index in [1.165, 1.54) is 43.4 Å². The summed E-state index contributed by atoms with van der Waals surface area (Å²) in [6, 6.07) is 26.0. The number of amides is 3. The summed E-state index contributed by atoms with van der Waals surface area (Å²) in [6.45, 7) is 0. The van der Waals surface area contributed by atoms with Crippen molar-refractivity contribution >= 4 is 80.9 Å². The first-order chi connectivity index (χ1) is 23.2. The number of benzene rings is 4. The average molecular weight is 720 g/mol. The topological polar surface area (TPSA) is 119 Å². The molecule has 0 fully saturated rings. The number of thiazole rings is 1. The van der Waals surface area contributed by atoms with Crippen molar-refractivity contribution < 1.29 is 23.9 Å². The van der Waals surface area contributed by atoms with Crippen LogP contribution in [0.2, 0.25) is 10.0 Å². The Balaban J connectivity index is 1.27. The van der Waals surface area contributed by atoms with E-state index in [0.29, 0.717) is 54.7 Å². The van der Waals surface area contributed by atoms with Crippen molar-refractivity contribution in [1.82, 2.24) is 10.3 Å². The van der Waals surface area contributed by atoms with E-state index in [4.69, 9.17) is 32.7 Å². The van der Waals surface area contributed by atoms with Crippen LogP contribution < -0.4 is 25.4 Å². The summed E-state index contributed by atoms with van der Waals surface area (Å²) in [4.78, 5) is 44.6. The molecule has 0 saturated heterocycles. The number of ether oxygens (including phenoxy) is 2. The van der Waals surface area contributed by atoms with Gasteiger partial charge in [-0.1, -0.05) is 59.6 Å². The number of hydrogen-bond donors (Lipinski definition) is 3. The lowest BCUT2D eigenvalue weighted by Crippen LogP contribution is -2.30. The molecule has 0 radical (unpaired) electrons. The summed E-state index contributed by atoms with van der Waals surface area (Å²) in [5, 5.41) is 11.6. The van der Waals surface area contributed by atoms with E-state index in [1.54, 1.807) is 90.3 Å². The van der Waals surface area contributed by atoms with Gasteiger partial charge in [-0.05, 0) is 60.7 Å². The van der Waals surface area contributed by atoms with Gasteiger partial charge in [0.15, 0.2) is 16.6 Å². The van der Waals surface area contributed by atoms with E-state index in [2.05, 4.69) is 20.9 Å². The molecule has 4 aromatic carbocycles. The molecule has 0 atom stereocenters. The molecule has 0 bridgehead atoms. The normalized spacial score (nSPS) is 11.0. The number of methoxy groups -OCH3 is 2. The molecule has 3 amide bonds. The molecule has 0 aliphatic heterocycles. The van der Waals surface area contributed by atoms with Crippen LogP contribution in [0, 0.1) is 0 Å². The molecule has 1 heterocycles. The van der Waals surface area contributed by atoms with Gasteiger partial charge < -0.3 is 25.4 Å². The van der Waals surface area contributed by atoms with E-state index in [9.17, 15) is 14.4 Å². The van der Waals surface area contributed by atoms with Crippen LogP contribution in [0.5, 0.6) is 11.5 Å². The maximum Gasteiger partial charge on any atom is 0.272 e. The molecule has 1 aromatic heterocycles. The van der Waals surface area contributed by atoms with Crippen molar-refractivity contribution in [1.29, 1.82) is 0 Å². The molecule has 48 heavy (non-hydrogen) atoms. The predicted molar refractivity (Wildman–Crippen MR) is 193 cm³/mol. The monoisotopic (exact) mass is 718 g/mol. The summed E-state index contributed by atoms with van der Waals surface area (Å²) in [7, 11) is 3.01. The fourth-order valence-electron chi connectivity index (χ4n) is 4.44. The molecule has 5 aromatic rings. The number of anilines is 2. The number of hydrogen-bond acceptors (Lipinski definition) is 8. The molecule has 13 heteroatoms. The first-order valence-electron chi connectivity index (χ1n) is 14.3. The molecular formula is C35H28Cl2N4O5S2. The Bertz CT molecular complexity index is 1990. The lowest BCUT2D eigenvalue weighted by atomic mass is 10.1. The molecule has 0 aliphatic rings. The van der Waals surface area contributed by atoms with Crippen LogP contribution in [0.3, 0.4) is 0 Å². The van der Waals surface area contributed by atoms with Gasteiger partial charge in [0.1, 0.15) is 5.70 Å². The number of halogens is 2. The quantitative estimate of drug-likeness (QED) is 0.0878. The molecule has 3 N–H and O–H groups in total. The third kappa shape index (κ3) is 8.96. The van der Waals surface area contributed by atoms with Crippen LogP contribution in [0.25, 0.3) is 17.3 Å². The van der Waals surface area contributed by atoms with Crippen LogP contribution in [0.4, 0.5) is 10.8 Å². The number of thioether (sulfide) groups is 1. The van der Waals surface area contributed by atoms with Gasteiger partial charge in [0.05, 0.1) is 30.7 Å². The molecular weight excluding hydrogens is 691 g/mol. The van der Waals surface area contributed by atoms with Crippen molar-refractivity contribution in [2.24, 2.45) is 0 Å². The van der Waals surface area contributed by atoms with Crippen molar-refractivity contribution in [2.45, 2.75) is 4.90 Å². The minimum Gasteiger partial charge on any atom is -0.493 e. The Morgan fingerprint density at radius 1 is 0.896 bits per heavy atom. The maximum atomic E-state index is 13.6. The van der Waals surface area contributed by atoms with Crippen molar-refractivity contribution in [3.63, 3.8) is 0 Å². The first kappa shape index (κ1) is 34.5. The van der Waals surface area contributed by atoms with Crippen LogP contribution in [-0.4, -0.2) is 42.7 Å².